The quantitative estimate of drug-likeness (QED) is 0.343. The molecule has 34 heavy (non-hydrogen) atoms. The molecule has 5 nitrogen and oxygen atoms in total. The van der Waals surface area contributed by atoms with Gasteiger partial charge in [0.2, 0.25) is 5.91 Å². The fourth-order valence-electron chi connectivity index (χ4n) is 3.26. The van der Waals surface area contributed by atoms with Gasteiger partial charge in [-0.1, -0.05) is 54.1 Å². The van der Waals surface area contributed by atoms with E-state index in [2.05, 4.69) is 5.32 Å². The Labute approximate surface area is 209 Å². The molecule has 0 heterocycles. The van der Waals surface area contributed by atoms with Crippen molar-refractivity contribution < 1.29 is 17.6 Å². The van der Waals surface area contributed by atoms with Gasteiger partial charge in [0.05, 0.1) is 10.6 Å². The second-order valence-electron chi connectivity index (χ2n) is 7.60. The highest BCUT2D eigenvalue weighted by atomic mass is 35.5. The summed E-state index contributed by atoms with van der Waals surface area (Å²) >= 11 is 7.71. The SMILES string of the molecule is Cc1ccc(Cl)cc1N(CC(=O)NCCCSCc1ccccc1F)S(=O)(=O)c1ccccc1. The fourth-order valence-corrected chi connectivity index (χ4v) is 5.87. The van der Waals surface area contributed by atoms with Crippen LogP contribution in [0.2, 0.25) is 5.02 Å². The lowest BCUT2D eigenvalue weighted by molar-refractivity contribution is -0.119. The number of benzene rings is 3. The average Bonchev–Trinajstić information content (AvgIpc) is 2.83. The predicted molar refractivity (Wildman–Crippen MR) is 137 cm³/mol. The molecule has 1 amide bonds. The Morgan fingerprint density at radius 1 is 1.06 bits per heavy atom. The summed E-state index contributed by atoms with van der Waals surface area (Å²) in [6.07, 6.45) is 0.673. The summed E-state index contributed by atoms with van der Waals surface area (Å²) in [5.41, 5.74) is 1.68. The van der Waals surface area contributed by atoms with Gasteiger partial charge < -0.3 is 5.32 Å². The van der Waals surface area contributed by atoms with E-state index >= 15 is 0 Å². The largest absolute Gasteiger partial charge is 0.354 e. The molecule has 9 heteroatoms. The van der Waals surface area contributed by atoms with Crippen LogP contribution in [0.15, 0.2) is 77.7 Å². The van der Waals surface area contributed by atoms with Crippen molar-refractivity contribution in [2.45, 2.75) is 24.0 Å². The third kappa shape index (κ3) is 6.98. The number of halogens is 2. The lowest BCUT2D eigenvalue weighted by Gasteiger charge is -2.25. The molecule has 0 radical (unpaired) electrons. The van der Waals surface area contributed by atoms with Crippen molar-refractivity contribution >= 4 is 45.0 Å². The normalized spacial score (nSPS) is 11.3. The van der Waals surface area contributed by atoms with Crippen LogP contribution in [0.25, 0.3) is 0 Å². The Morgan fingerprint density at radius 2 is 1.76 bits per heavy atom. The molecule has 0 aromatic heterocycles. The summed E-state index contributed by atoms with van der Waals surface area (Å²) < 4.78 is 41.5. The topological polar surface area (TPSA) is 66.5 Å². The Bertz CT molecular complexity index is 1220. The standard InChI is InChI=1S/C25H26ClFN2O3S2/c1-19-12-13-21(26)16-24(19)29(34(31,32)22-9-3-2-4-10-22)17-25(30)28-14-7-15-33-18-20-8-5-6-11-23(20)27/h2-6,8-13,16H,7,14-15,17-18H2,1H3,(H,28,30). The number of carbonyl (C=O) groups excluding carboxylic acids is 1. The maximum absolute atomic E-state index is 13.7. The number of hydrogen-bond acceptors (Lipinski definition) is 4. The lowest BCUT2D eigenvalue weighted by Crippen LogP contribution is -2.41. The van der Waals surface area contributed by atoms with Gasteiger partial charge in [-0.25, -0.2) is 12.8 Å². The number of thioether (sulfide) groups is 1. The van der Waals surface area contributed by atoms with Crippen LogP contribution in [0.4, 0.5) is 10.1 Å². The van der Waals surface area contributed by atoms with Gasteiger partial charge in [-0.05, 0) is 60.6 Å². The first kappa shape index (κ1) is 26.1. The zero-order valence-electron chi connectivity index (χ0n) is 18.7. The molecule has 1 N–H and O–H groups in total. The predicted octanol–water partition coefficient (Wildman–Crippen LogP) is 5.42. The highest BCUT2D eigenvalue weighted by Gasteiger charge is 2.28. The molecular weight excluding hydrogens is 495 g/mol. The Morgan fingerprint density at radius 3 is 2.50 bits per heavy atom. The number of sulfonamides is 1. The van der Waals surface area contributed by atoms with Gasteiger partial charge in [-0.15, -0.1) is 0 Å². The van der Waals surface area contributed by atoms with Crippen molar-refractivity contribution in [1.82, 2.24) is 5.32 Å². The molecule has 180 valence electrons. The molecule has 0 saturated carbocycles. The van der Waals surface area contributed by atoms with Gasteiger partial charge in [-0.3, -0.25) is 9.10 Å². The van der Waals surface area contributed by atoms with Gasteiger partial charge >= 0.3 is 0 Å². The van der Waals surface area contributed by atoms with Crippen LogP contribution in [0.5, 0.6) is 0 Å². The lowest BCUT2D eigenvalue weighted by atomic mass is 10.2. The molecule has 0 aliphatic rings. The van der Waals surface area contributed by atoms with Crippen molar-refractivity contribution in [3.8, 4) is 0 Å². The van der Waals surface area contributed by atoms with Gasteiger partial charge in [-0.2, -0.15) is 11.8 Å². The Hall–Kier alpha value is -2.55. The van der Waals surface area contributed by atoms with Crippen LogP contribution in [0.1, 0.15) is 17.5 Å². The second kappa shape index (κ2) is 12.2. The van der Waals surface area contributed by atoms with E-state index in [1.54, 1.807) is 73.3 Å². The highest BCUT2D eigenvalue weighted by Crippen LogP contribution is 2.29. The third-order valence-corrected chi connectivity index (χ3v) is 8.16. The van der Waals surface area contributed by atoms with E-state index in [1.165, 1.54) is 18.2 Å². The first-order chi connectivity index (χ1) is 16.3. The molecule has 3 aromatic rings. The molecule has 0 spiro atoms. The van der Waals surface area contributed by atoms with Crippen LogP contribution in [0, 0.1) is 12.7 Å². The number of amides is 1. The van der Waals surface area contributed by atoms with E-state index in [9.17, 15) is 17.6 Å². The first-order valence-electron chi connectivity index (χ1n) is 10.7. The summed E-state index contributed by atoms with van der Waals surface area (Å²) in [4.78, 5) is 12.8. The molecule has 3 aromatic carbocycles. The average molecular weight is 521 g/mol. The number of anilines is 1. The molecular formula is C25H26ClFN2O3S2. The maximum Gasteiger partial charge on any atom is 0.264 e. The molecule has 0 atom stereocenters. The monoisotopic (exact) mass is 520 g/mol. The summed E-state index contributed by atoms with van der Waals surface area (Å²) in [6, 6.07) is 19.6. The molecule has 0 saturated heterocycles. The summed E-state index contributed by atoms with van der Waals surface area (Å²) in [6.45, 7) is 1.78. The number of nitrogens with zero attached hydrogens (tertiary/aromatic N) is 1. The fraction of sp³-hybridized carbons (Fsp3) is 0.240. The molecule has 0 aliphatic carbocycles. The van der Waals surface area contributed by atoms with E-state index < -0.39 is 15.9 Å². The van der Waals surface area contributed by atoms with Gasteiger partial charge in [0.1, 0.15) is 12.4 Å². The highest BCUT2D eigenvalue weighted by molar-refractivity contribution is 7.98. The summed E-state index contributed by atoms with van der Waals surface area (Å²) in [7, 11) is -3.99. The van der Waals surface area contributed by atoms with Crippen molar-refractivity contribution in [2.24, 2.45) is 0 Å². The number of aryl methyl sites for hydroxylation is 1. The number of rotatable bonds is 11. The minimum atomic E-state index is -3.99. The number of carbonyl (C=O) groups is 1. The van der Waals surface area contributed by atoms with Crippen LogP contribution in [-0.4, -0.2) is 33.2 Å². The smallest absolute Gasteiger partial charge is 0.264 e. The van der Waals surface area contributed by atoms with Crippen molar-refractivity contribution in [3.05, 3.63) is 94.8 Å². The molecule has 0 bridgehead atoms. The van der Waals surface area contributed by atoms with Crippen molar-refractivity contribution in [1.29, 1.82) is 0 Å². The summed E-state index contributed by atoms with van der Waals surface area (Å²) in [5, 5.41) is 3.16. The van der Waals surface area contributed by atoms with E-state index in [0.29, 0.717) is 40.6 Å². The molecule has 3 rings (SSSR count). The number of hydrogen-bond donors (Lipinski definition) is 1. The molecule has 0 unspecified atom stereocenters. The minimum Gasteiger partial charge on any atom is -0.354 e. The second-order valence-corrected chi connectivity index (χ2v) is 11.0. The van der Waals surface area contributed by atoms with Crippen molar-refractivity contribution in [2.75, 3.05) is 23.1 Å². The first-order valence-corrected chi connectivity index (χ1v) is 13.7. The van der Waals surface area contributed by atoms with Crippen LogP contribution in [0.3, 0.4) is 0 Å². The van der Waals surface area contributed by atoms with E-state index in [-0.39, 0.29) is 17.3 Å². The Kier molecular flexibility index (Phi) is 9.38. The van der Waals surface area contributed by atoms with Crippen molar-refractivity contribution in [3.63, 3.8) is 0 Å². The third-order valence-electron chi connectivity index (χ3n) is 5.06. The molecule has 0 fully saturated rings. The maximum atomic E-state index is 13.7. The van der Waals surface area contributed by atoms with E-state index in [4.69, 9.17) is 11.6 Å². The van der Waals surface area contributed by atoms with Crippen LogP contribution < -0.4 is 9.62 Å². The van der Waals surface area contributed by atoms with Gasteiger partial charge in [0.25, 0.3) is 10.0 Å². The van der Waals surface area contributed by atoms with E-state index in [0.717, 1.165) is 10.1 Å². The summed E-state index contributed by atoms with van der Waals surface area (Å²) in [5.74, 6) is 0.642. The van der Waals surface area contributed by atoms with Gasteiger partial charge in [0, 0.05) is 17.3 Å². The minimum absolute atomic E-state index is 0.0896. The zero-order valence-corrected chi connectivity index (χ0v) is 21.1. The van der Waals surface area contributed by atoms with Gasteiger partial charge in [0.15, 0.2) is 0 Å². The number of nitrogens with one attached hydrogen (secondary N) is 1. The zero-order chi connectivity index (χ0) is 24.6. The van der Waals surface area contributed by atoms with Crippen LogP contribution in [-0.2, 0) is 20.6 Å². The molecule has 0 aliphatic heterocycles. The van der Waals surface area contributed by atoms with Crippen LogP contribution >= 0.6 is 23.4 Å². The van der Waals surface area contributed by atoms with E-state index in [1.807, 2.05) is 0 Å². The Balaban J connectivity index is 1.62.